The van der Waals surface area contributed by atoms with Gasteiger partial charge in [-0.2, -0.15) is 0 Å². The number of hydrogen-bond acceptors (Lipinski definition) is 5. The minimum absolute atomic E-state index is 0.0369. The third-order valence-corrected chi connectivity index (χ3v) is 3.13. The molecule has 7 nitrogen and oxygen atoms in total. The molecule has 1 aromatic heterocycles. The van der Waals surface area contributed by atoms with Crippen LogP contribution in [0.5, 0.6) is 11.5 Å². The van der Waals surface area contributed by atoms with Crippen molar-refractivity contribution in [3.05, 3.63) is 42.0 Å². The summed E-state index contributed by atoms with van der Waals surface area (Å²) in [7, 11) is 0. The van der Waals surface area contributed by atoms with Gasteiger partial charge in [0, 0.05) is 0 Å². The smallest absolute Gasteiger partial charge is 0.263 e. The first-order valence-corrected chi connectivity index (χ1v) is 7.03. The Labute approximate surface area is 132 Å². The minimum atomic E-state index is -0.346. The predicted octanol–water partition coefficient (Wildman–Crippen LogP) is 1.74. The molecule has 2 amide bonds. The van der Waals surface area contributed by atoms with Gasteiger partial charge in [-0.15, -0.1) is 0 Å². The van der Waals surface area contributed by atoms with Crippen LogP contribution < -0.4 is 20.1 Å². The van der Waals surface area contributed by atoms with Crippen LogP contribution in [0.2, 0.25) is 0 Å². The van der Waals surface area contributed by atoms with Crippen molar-refractivity contribution in [3.63, 3.8) is 0 Å². The number of nitrogens with zero attached hydrogens (tertiary/aromatic N) is 1. The summed E-state index contributed by atoms with van der Waals surface area (Å²) in [6, 6.07) is 10.6. The highest BCUT2D eigenvalue weighted by atomic mass is 16.5. The van der Waals surface area contributed by atoms with Crippen LogP contribution in [0.25, 0.3) is 0 Å². The molecule has 0 radical (unpaired) electrons. The van der Waals surface area contributed by atoms with Gasteiger partial charge in [0.2, 0.25) is 0 Å². The van der Waals surface area contributed by atoms with E-state index in [-0.39, 0.29) is 25.0 Å². The van der Waals surface area contributed by atoms with Crippen LogP contribution in [-0.2, 0) is 9.59 Å². The molecule has 2 aromatic rings. The van der Waals surface area contributed by atoms with E-state index in [1.807, 2.05) is 19.1 Å². The number of aromatic nitrogens is 1. The fraction of sp³-hybridized carbons (Fsp3) is 0.188. The highest BCUT2D eigenvalue weighted by Crippen LogP contribution is 2.26. The van der Waals surface area contributed by atoms with Gasteiger partial charge < -0.3 is 20.1 Å². The molecule has 1 aliphatic rings. The quantitative estimate of drug-likeness (QED) is 0.897. The van der Waals surface area contributed by atoms with E-state index in [4.69, 9.17) is 9.47 Å². The van der Waals surface area contributed by atoms with Crippen molar-refractivity contribution in [2.75, 3.05) is 23.8 Å². The van der Waals surface area contributed by atoms with E-state index >= 15 is 0 Å². The van der Waals surface area contributed by atoms with Gasteiger partial charge in [-0.25, -0.2) is 4.98 Å². The Balaban J connectivity index is 1.58. The zero-order valence-corrected chi connectivity index (χ0v) is 12.5. The summed E-state index contributed by atoms with van der Waals surface area (Å²) in [5, 5.41) is 5.19. The number of benzene rings is 1. The van der Waals surface area contributed by atoms with E-state index in [0.29, 0.717) is 23.1 Å². The molecular formula is C16H15N3O4. The summed E-state index contributed by atoms with van der Waals surface area (Å²) < 4.78 is 10.6. The molecule has 0 saturated carbocycles. The number of amides is 2. The predicted molar refractivity (Wildman–Crippen MR) is 83.7 cm³/mol. The lowest BCUT2D eigenvalue weighted by molar-refractivity contribution is -0.119. The van der Waals surface area contributed by atoms with Crippen molar-refractivity contribution in [2.24, 2.45) is 0 Å². The van der Waals surface area contributed by atoms with Gasteiger partial charge in [0.15, 0.2) is 24.8 Å². The van der Waals surface area contributed by atoms with Crippen LogP contribution >= 0.6 is 0 Å². The van der Waals surface area contributed by atoms with Gasteiger partial charge in [-0.05, 0) is 31.2 Å². The maximum Gasteiger partial charge on any atom is 0.263 e. The fourth-order valence-corrected chi connectivity index (χ4v) is 2.00. The SMILES string of the molecule is Cc1ccc(OCC(=O)Nc2ccc3c(n2)NC(=O)CO3)cc1. The van der Waals surface area contributed by atoms with Crippen LogP contribution in [0.15, 0.2) is 36.4 Å². The first-order chi connectivity index (χ1) is 11.1. The van der Waals surface area contributed by atoms with Gasteiger partial charge in [0.1, 0.15) is 11.6 Å². The number of aryl methyl sites for hydroxylation is 1. The minimum Gasteiger partial charge on any atom is -0.484 e. The van der Waals surface area contributed by atoms with Gasteiger partial charge in [-0.1, -0.05) is 17.7 Å². The van der Waals surface area contributed by atoms with Crippen molar-refractivity contribution >= 4 is 23.5 Å². The summed E-state index contributed by atoms with van der Waals surface area (Å²) in [6.07, 6.45) is 0. The highest BCUT2D eigenvalue weighted by Gasteiger charge is 2.18. The van der Waals surface area contributed by atoms with Crippen LogP contribution in [0.1, 0.15) is 5.56 Å². The molecule has 0 unspecified atom stereocenters. The summed E-state index contributed by atoms with van der Waals surface area (Å²) in [6.45, 7) is 1.80. The largest absolute Gasteiger partial charge is 0.484 e. The molecule has 3 rings (SSSR count). The lowest BCUT2D eigenvalue weighted by atomic mass is 10.2. The fourth-order valence-electron chi connectivity index (χ4n) is 2.00. The molecule has 0 atom stereocenters. The molecular weight excluding hydrogens is 298 g/mol. The van der Waals surface area contributed by atoms with E-state index in [1.165, 1.54) is 0 Å². The number of rotatable bonds is 4. The Morgan fingerprint density at radius 2 is 2.09 bits per heavy atom. The van der Waals surface area contributed by atoms with E-state index in [9.17, 15) is 9.59 Å². The summed E-state index contributed by atoms with van der Waals surface area (Å²) in [4.78, 5) is 27.3. The van der Waals surface area contributed by atoms with Crippen LogP contribution in [0.3, 0.4) is 0 Å². The zero-order chi connectivity index (χ0) is 16.2. The first kappa shape index (κ1) is 14.8. The Bertz CT molecular complexity index is 743. The number of carbonyl (C=O) groups is 2. The molecule has 0 aliphatic carbocycles. The van der Waals surface area contributed by atoms with E-state index in [2.05, 4.69) is 15.6 Å². The van der Waals surface area contributed by atoms with Crippen LogP contribution in [0, 0.1) is 6.92 Å². The number of anilines is 2. The summed E-state index contributed by atoms with van der Waals surface area (Å²) in [5.74, 6) is 1.06. The Morgan fingerprint density at radius 3 is 2.87 bits per heavy atom. The average molecular weight is 313 g/mol. The second-order valence-electron chi connectivity index (χ2n) is 5.03. The Kier molecular flexibility index (Phi) is 4.09. The number of hydrogen-bond donors (Lipinski definition) is 2. The molecule has 0 spiro atoms. The lowest BCUT2D eigenvalue weighted by Crippen LogP contribution is -2.27. The third kappa shape index (κ3) is 3.76. The number of pyridine rings is 1. The molecule has 2 heterocycles. The van der Waals surface area contributed by atoms with Crippen molar-refractivity contribution in [1.29, 1.82) is 0 Å². The molecule has 0 fully saturated rings. The Morgan fingerprint density at radius 1 is 1.30 bits per heavy atom. The highest BCUT2D eigenvalue weighted by molar-refractivity contribution is 5.95. The molecule has 2 N–H and O–H groups in total. The summed E-state index contributed by atoms with van der Waals surface area (Å²) >= 11 is 0. The maximum absolute atomic E-state index is 11.9. The topological polar surface area (TPSA) is 89.5 Å². The van der Waals surface area contributed by atoms with Crippen molar-refractivity contribution in [1.82, 2.24) is 4.98 Å². The van der Waals surface area contributed by atoms with Crippen LogP contribution in [0.4, 0.5) is 11.6 Å². The van der Waals surface area contributed by atoms with Gasteiger partial charge in [-0.3, -0.25) is 9.59 Å². The summed E-state index contributed by atoms with van der Waals surface area (Å²) in [5.41, 5.74) is 1.12. The van der Waals surface area contributed by atoms with E-state index < -0.39 is 0 Å². The van der Waals surface area contributed by atoms with Gasteiger partial charge in [0.05, 0.1) is 0 Å². The zero-order valence-electron chi connectivity index (χ0n) is 12.5. The van der Waals surface area contributed by atoms with E-state index in [0.717, 1.165) is 5.56 Å². The number of carbonyl (C=O) groups excluding carboxylic acids is 2. The average Bonchev–Trinajstić information content (AvgIpc) is 2.54. The maximum atomic E-state index is 11.9. The number of nitrogens with one attached hydrogen (secondary N) is 2. The normalized spacial score (nSPS) is 12.7. The van der Waals surface area contributed by atoms with Gasteiger partial charge in [0.25, 0.3) is 11.8 Å². The van der Waals surface area contributed by atoms with E-state index in [1.54, 1.807) is 24.3 Å². The Hall–Kier alpha value is -3.09. The molecule has 118 valence electrons. The molecule has 7 heteroatoms. The lowest BCUT2D eigenvalue weighted by Gasteiger charge is -2.17. The molecule has 0 saturated heterocycles. The molecule has 1 aromatic carbocycles. The van der Waals surface area contributed by atoms with Crippen molar-refractivity contribution < 1.29 is 19.1 Å². The van der Waals surface area contributed by atoms with Crippen molar-refractivity contribution in [2.45, 2.75) is 6.92 Å². The van der Waals surface area contributed by atoms with Crippen LogP contribution in [-0.4, -0.2) is 30.0 Å². The molecule has 1 aliphatic heterocycles. The first-order valence-electron chi connectivity index (χ1n) is 7.03. The monoisotopic (exact) mass is 313 g/mol. The van der Waals surface area contributed by atoms with Crippen molar-refractivity contribution in [3.8, 4) is 11.5 Å². The van der Waals surface area contributed by atoms with Gasteiger partial charge >= 0.3 is 0 Å². The standard InChI is InChI=1S/C16H15N3O4/c1-10-2-4-11(5-3-10)22-8-14(20)17-13-7-6-12-16(18-13)19-15(21)9-23-12/h2-7H,8-9H2,1H3,(H2,17,18,19,20,21). The molecule has 0 bridgehead atoms. The number of ether oxygens (including phenoxy) is 2. The third-order valence-electron chi connectivity index (χ3n) is 3.13. The second-order valence-corrected chi connectivity index (χ2v) is 5.03. The second kappa shape index (κ2) is 6.35. The molecule has 23 heavy (non-hydrogen) atoms. The number of fused-ring (bicyclic) bond motifs is 1.